The Labute approximate surface area is 130 Å². The summed E-state index contributed by atoms with van der Waals surface area (Å²) in [5, 5.41) is 9.60. The van der Waals surface area contributed by atoms with Crippen molar-refractivity contribution in [2.24, 2.45) is 0 Å². The Morgan fingerprint density at radius 3 is 2.67 bits per heavy atom. The summed E-state index contributed by atoms with van der Waals surface area (Å²) in [6, 6.07) is 7.07. The van der Waals surface area contributed by atoms with Crippen molar-refractivity contribution in [2.75, 3.05) is 6.54 Å². The van der Waals surface area contributed by atoms with Gasteiger partial charge < -0.3 is 14.4 Å². The average molecular weight is 354 g/mol. The third kappa shape index (κ3) is 3.64. The van der Waals surface area contributed by atoms with E-state index in [-0.39, 0.29) is 30.7 Å². The van der Waals surface area contributed by atoms with E-state index in [0.29, 0.717) is 5.58 Å². The number of carbonyl (C=O) groups is 2. The minimum Gasteiger partial charge on any atom is -0.481 e. The Morgan fingerprint density at radius 2 is 2.05 bits per heavy atom. The third-order valence-electron chi connectivity index (χ3n) is 3.14. The number of rotatable bonds is 5. The van der Waals surface area contributed by atoms with Crippen LogP contribution in [0.4, 0.5) is 0 Å². The molecule has 0 spiro atoms. The lowest BCUT2D eigenvalue weighted by Crippen LogP contribution is -2.38. The van der Waals surface area contributed by atoms with Crippen molar-refractivity contribution < 1.29 is 19.1 Å². The molecule has 1 aromatic heterocycles. The highest BCUT2D eigenvalue weighted by atomic mass is 79.9. The number of carboxylic acid groups (broad SMARTS) is 1. The topological polar surface area (TPSA) is 70.8 Å². The first-order valence-electron chi connectivity index (χ1n) is 6.60. The molecule has 0 unspecified atom stereocenters. The average Bonchev–Trinajstić information content (AvgIpc) is 2.80. The fourth-order valence-electron chi connectivity index (χ4n) is 2.07. The smallest absolute Gasteiger partial charge is 0.305 e. The van der Waals surface area contributed by atoms with Crippen LogP contribution in [0.25, 0.3) is 11.0 Å². The van der Waals surface area contributed by atoms with Crippen LogP contribution in [0.5, 0.6) is 0 Å². The van der Waals surface area contributed by atoms with Gasteiger partial charge in [-0.05, 0) is 38.1 Å². The molecule has 2 rings (SSSR count). The molecule has 6 heteroatoms. The highest BCUT2D eigenvalue weighted by Crippen LogP contribution is 2.24. The molecule has 1 amide bonds. The van der Waals surface area contributed by atoms with Crippen molar-refractivity contribution in [3.63, 3.8) is 0 Å². The minimum absolute atomic E-state index is 0.0876. The van der Waals surface area contributed by atoms with Gasteiger partial charge in [0.2, 0.25) is 0 Å². The largest absolute Gasteiger partial charge is 0.481 e. The maximum atomic E-state index is 12.5. The van der Waals surface area contributed by atoms with Crippen LogP contribution < -0.4 is 0 Å². The normalized spacial score (nSPS) is 11.0. The fraction of sp³-hybridized carbons (Fsp3) is 0.333. The summed E-state index contributed by atoms with van der Waals surface area (Å²) in [6.07, 6.45) is -0.0876. The van der Waals surface area contributed by atoms with E-state index < -0.39 is 5.97 Å². The summed E-state index contributed by atoms with van der Waals surface area (Å²) in [7, 11) is 0. The van der Waals surface area contributed by atoms with E-state index >= 15 is 0 Å². The number of carbonyl (C=O) groups excluding carboxylic acids is 1. The molecular formula is C15H16BrNO4. The van der Waals surface area contributed by atoms with Crippen molar-refractivity contribution in [3.05, 3.63) is 34.5 Å². The molecule has 21 heavy (non-hydrogen) atoms. The van der Waals surface area contributed by atoms with Gasteiger partial charge in [0.05, 0.1) is 6.42 Å². The van der Waals surface area contributed by atoms with Gasteiger partial charge in [0.1, 0.15) is 5.58 Å². The number of carboxylic acids is 1. The number of aliphatic carboxylic acids is 1. The van der Waals surface area contributed by atoms with Gasteiger partial charge in [0, 0.05) is 22.4 Å². The van der Waals surface area contributed by atoms with Crippen LogP contribution in [0.2, 0.25) is 0 Å². The number of amides is 1. The lowest BCUT2D eigenvalue weighted by Gasteiger charge is -2.25. The van der Waals surface area contributed by atoms with E-state index in [4.69, 9.17) is 9.52 Å². The van der Waals surface area contributed by atoms with Crippen molar-refractivity contribution >= 4 is 38.8 Å². The van der Waals surface area contributed by atoms with Crippen LogP contribution in [0.3, 0.4) is 0 Å². The number of nitrogens with zero attached hydrogens (tertiary/aromatic N) is 1. The van der Waals surface area contributed by atoms with Gasteiger partial charge in [-0.25, -0.2) is 0 Å². The van der Waals surface area contributed by atoms with E-state index in [9.17, 15) is 9.59 Å². The first kappa shape index (κ1) is 15.6. The predicted molar refractivity (Wildman–Crippen MR) is 82.3 cm³/mol. The molecule has 112 valence electrons. The molecule has 0 saturated carbocycles. The second-order valence-electron chi connectivity index (χ2n) is 5.03. The number of hydrogen-bond acceptors (Lipinski definition) is 3. The molecule has 0 bridgehead atoms. The van der Waals surface area contributed by atoms with Crippen molar-refractivity contribution in [1.82, 2.24) is 4.90 Å². The minimum atomic E-state index is -0.929. The number of furan rings is 1. The molecule has 0 saturated heterocycles. The maximum absolute atomic E-state index is 12.5. The Balaban J connectivity index is 2.27. The summed E-state index contributed by atoms with van der Waals surface area (Å²) >= 11 is 3.37. The van der Waals surface area contributed by atoms with Crippen LogP contribution >= 0.6 is 15.9 Å². The molecule has 0 atom stereocenters. The van der Waals surface area contributed by atoms with Crippen LogP contribution in [-0.4, -0.2) is 34.5 Å². The lowest BCUT2D eigenvalue weighted by atomic mass is 10.2. The molecule has 0 aliphatic carbocycles. The maximum Gasteiger partial charge on any atom is 0.305 e. The highest BCUT2D eigenvalue weighted by Gasteiger charge is 2.22. The fourth-order valence-corrected chi connectivity index (χ4v) is 2.45. The summed E-state index contributed by atoms with van der Waals surface area (Å²) in [5.74, 6) is -0.997. The summed E-state index contributed by atoms with van der Waals surface area (Å²) in [5.41, 5.74) is 0.628. The van der Waals surface area contributed by atoms with Crippen LogP contribution in [0.1, 0.15) is 30.8 Å². The summed E-state index contributed by atoms with van der Waals surface area (Å²) in [4.78, 5) is 24.7. The highest BCUT2D eigenvalue weighted by molar-refractivity contribution is 9.10. The quantitative estimate of drug-likeness (QED) is 0.892. The van der Waals surface area contributed by atoms with Crippen LogP contribution in [0.15, 0.2) is 33.2 Å². The molecular weight excluding hydrogens is 338 g/mol. The SMILES string of the molecule is CC(C)N(CCC(=O)O)C(=O)c1cc2cc(Br)ccc2o1. The first-order chi connectivity index (χ1) is 9.88. The van der Waals surface area contributed by atoms with E-state index in [1.165, 1.54) is 4.90 Å². The molecule has 0 aliphatic rings. The molecule has 1 heterocycles. The summed E-state index contributed by atoms with van der Waals surface area (Å²) in [6.45, 7) is 3.85. The zero-order chi connectivity index (χ0) is 15.6. The van der Waals surface area contributed by atoms with Gasteiger partial charge in [-0.15, -0.1) is 0 Å². The Hall–Kier alpha value is -1.82. The second-order valence-corrected chi connectivity index (χ2v) is 5.94. The molecule has 0 radical (unpaired) electrons. The van der Waals surface area contributed by atoms with E-state index in [1.807, 2.05) is 26.0 Å². The molecule has 5 nitrogen and oxygen atoms in total. The standard InChI is InChI=1S/C15H16BrNO4/c1-9(2)17(6-5-14(18)19)15(20)13-8-10-7-11(16)3-4-12(10)21-13/h3-4,7-9H,5-6H2,1-2H3,(H,18,19). The zero-order valence-electron chi connectivity index (χ0n) is 11.8. The van der Waals surface area contributed by atoms with Gasteiger partial charge in [-0.2, -0.15) is 0 Å². The molecule has 0 aliphatic heterocycles. The first-order valence-corrected chi connectivity index (χ1v) is 7.39. The van der Waals surface area contributed by atoms with Crippen LogP contribution in [0, 0.1) is 0 Å². The van der Waals surface area contributed by atoms with Gasteiger partial charge in [0.25, 0.3) is 5.91 Å². The molecule has 0 fully saturated rings. The number of fused-ring (bicyclic) bond motifs is 1. The van der Waals surface area contributed by atoms with Crippen LogP contribution in [-0.2, 0) is 4.79 Å². The van der Waals surface area contributed by atoms with Crippen molar-refractivity contribution in [3.8, 4) is 0 Å². The monoisotopic (exact) mass is 353 g/mol. The zero-order valence-corrected chi connectivity index (χ0v) is 13.4. The van der Waals surface area contributed by atoms with Crippen molar-refractivity contribution in [2.45, 2.75) is 26.3 Å². The third-order valence-corrected chi connectivity index (χ3v) is 3.63. The Morgan fingerprint density at radius 1 is 1.33 bits per heavy atom. The lowest BCUT2D eigenvalue weighted by molar-refractivity contribution is -0.137. The van der Waals surface area contributed by atoms with Gasteiger partial charge in [0.15, 0.2) is 5.76 Å². The summed E-state index contributed by atoms with van der Waals surface area (Å²) < 4.78 is 6.47. The van der Waals surface area contributed by atoms with E-state index in [0.717, 1.165) is 9.86 Å². The predicted octanol–water partition coefficient (Wildman–Crippen LogP) is 3.52. The Bertz CT molecular complexity index is 677. The Kier molecular flexibility index (Phi) is 4.67. The van der Waals surface area contributed by atoms with E-state index in [1.54, 1.807) is 12.1 Å². The van der Waals surface area contributed by atoms with E-state index in [2.05, 4.69) is 15.9 Å². The molecule has 1 aromatic carbocycles. The number of benzene rings is 1. The van der Waals surface area contributed by atoms with Gasteiger partial charge >= 0.3 is 5.97 Å². The van der Waals surface area contributed by atoms with Gasteiger partial charge in [-0.1, -0.05) is 15.9 Å². The number of halogens is 1. The second kappa shape index (κ2) is 6.30. The molecule has 1 N–H and O–H groups in total. The molecule has 2 aromatic rings. The van der Waals surface area contributed by atoms with Crippen molar-refractivity contribution in [1.29, 1.82) is 0 Å². The number of hydrogen-bond donors (Lipinski definition) is 1. The van der Waals surface area contributed by atoms with Gasteiger partial charge in [-0.3, -0.25) is 9.59 Å².